The molecule has 18 heavy (non-hydrogen) atoms. The van der Waals surface area contributed by atoms with Crippen LogP contribution >= 0.6 is 0 Å². The van der Waals surface area contributed by atoms with Gasteiger partial charge in [0.1, 0.15) is 11.4 Å². The lowest BCUT2D eigenvalue weighted by Gasteiger charge is -2.07. The van der Waals surface area contributed by atoms with Crippen LogP contribution in [0, 0.1) is 12.8 Å². The Balaban J connectivity index is 2.26. The van der Waals surface area contributed by atoms with Crippen molar-refractivity contribution in [3.63, 3.8) is 0 Å². The van der Waals surface area contributed by atoms with Crippen LogP contribution in [0.1, 0.15) is 35.8 Å². The zero-order chi connectivity index (χ0) is 13.3. The quantitative estimate of drug-likeness (QED) is 0.817. The number of amides is 1. The van der Waals surface area contributed by atoms with Crippen molar-refractivity contribution in [1.29, 1.82) is 0 Å². The Morgan fingerprint density at radius 2 is 2.17 bits per heavy atom. The number of nitrogens with zero attached hydrogens (tertiary/aromatic N) is 2. The highest BCUT2D eigenvalue weighted by molar-refractivity contribution is 6.02. The van der Waals surface area contributed by atoms with Crippen molar-refractivity contribution in [3.05, 3.63) is 11.3 Å². The molecule has 0 radical (unpaired) electrons. The van der Waals surface area contributed by atoms with Crippen LogP contribution in [0.3, 0.4) is 0 Å². The number of esters is 1. The lowest BCUT2D eigenvalue weighted by molar-refractivity contribution is -0.117. The van der Waals surface area contributed by atoms with E-state index in [0.29, 0.717) is 23.7 Å². The first kappa shape index (κ1) is 12.6. The summed E-state index contributed by atoms with van der Waals surface area (Å²) in [5.41, 5.74) is 0.899. The molecular formula is C12H17N3O3. The highest BCUT2D eigenvalue weighted by Gasteiger charge is 2.32. The van der Waals surface area contributed by atoms with Gasteiger partial charge in [-0.3, -0.25) is 9.48 Å². The fourth-order valence-corrected chi connectivity index (χ4v) is 1.81. The fraction of sp³-hybridized carbons (Fsp3) is 0.583. The molecule has 6 nitrogen and oxygen atoms in total. The lowest BCUT2D eigenvalue weighted by Crippen LogP contribution is -2.18. The van der Waals surface area contributed by atoms with Gasteiger partial charge in [0.15, 0.2) is 0 Å². The summed E-state index contributed by atoms with van der Waals surface area (Å²) in [7, 11) is 1.69. The Morgan fingerprint density at radius 1 is 1.50 bits per heavy atom. The van der Waals surface area contributed by atoms with Crippen molar-refractivity contribution >= 4 is 17.7 Å². The second-order valence-corrected chi connectivity index (χ2v) is 4.42. The monoisotopic (exact) mass is 251 g/mol. The van der Waals surface area contributed by atoms with Crippen LogP contribution in [0.25, 0.3) is 0 Å². The van der Waals surface area contributed by atoms with E-state index in [1.807, 2.05) is 0 Å². The van der Waals surface area contributed by atoms with Gasteiger partial charge in [-0.25, -0.2) is 4.79 Å². The van der Waals surface area contributed by atoms with Crippen LogP contribution in [0.5, 0.6) is 0 Å². The minimum atomic E-state index is -0.450. The third kappa shape index (κ3) is 2.37. The summed E-state index contributed by atoms with van der Waals surface area (Å²) in [6.07, 6.45) is 1.83. The maximum Gasteiger partial charge on any atom is 0.343 e. The number of aryl methyl sites for hydroxylation is 2. The second-order valence-electron chi connectivity index (χ2n) is 4.42. The fourth-order valence-electron chi connectivity index (χ4n) is 1.81. The highest BCUT2D eigenvalue weighted by atomic mass is 16.5. The Labute approximate surface area is 105 Å². The van der Waals surface area contributed by atoms with E-state index in [-0.39, 0.29) is 11.8 Å². The summed E-state index contributed by atoms with van der Waals surface area (Å²) < 4.78 is 6.48. The largest absolute Gasteiger partial charge is 0.462 e. The first-order chi connectivity index (χ1) is 8.54. The van der Waals surface area contributed by atoms with Crippen molar-refractivity contribution in [3.8, 4) is 0 Å². The Hall–Kier alpha value is -1.85. The number of carbonyl (C=O) groups excluding carboxylic acids is 2. The molecule has 1 saturated carbocycles. The topological polar surface area (TPSA) is 73.2 Å². The number of anilines is 1. The van der Waals surface area contributed by atoms with Gasteiger partial charge in [0.2, 0.25) is 5.91 Å². The van der Waals surface area contributed by atoms with Crippen LogP contribution in [0.4, 0.5) is 5.82 Å². The van der Waals surface area contributed by atoms with Gasteiger partial charge in [0.25, 0.3) is 0 Å². The average Bonchev–Trinajstić information content (AvgIpc) is 3.08. The molecule has 1 heterocycles. The Kier molecular flexibility index (Phi) is 3.36. The number of rotatable bonds is 4. The van der Waals surface area contributed by atoms with E-state index in [4.69, 9.17) is 4.74 Å². The minimum absolute atomic E-state index is 0.0523. The molecule has 1 fully saturated rings. The van der Waals surface area contributed by atoms with Crippen molar-refractivity contribution in [2.24, 2.45) is 13.0 Å². The number of hydrogen-bond acceptors (Lipinski definition) is 4. The molecule has 1 aliphatic carbocycles. The first-order valence-electron chi connectivity index (χ1n) is 6.06. The van der Waals surface area contributed by atoms with E-state index in [1.165, 1.54) is 4.68 Å². The molecule has 0 aromatic carbocycles. The summed E-state index contributed by atoms with van der Waals surface area (Å²) in [5, 5.41) is 6.91. The van der Waals surface area contributed by atoms with E-state index in [1.54, 1.807) is 20.9 Å². The van der Waals surface area contributed by atoms with E-state index in [9.17, 15) is 9.59 Å². The standard InChI is InChI=1S/C12H17N3O3/c1-4-18-12(17)9-7(2)14-15(3)10(9)13-11(16)8-5-6-8/h8H,4-6H2,1-3H3,(H,13,16). The van der Waals surface area contributed by atoms with Crippen LogP contribution in [0.2, 0.25) is 0 Å². The molecule has 0 unspecified atom stereocenters. The molecule has 0 bridgehead atoms. The molecule has 1 aromatic rings. The predicted octanol–water partition coefficient (Wildman–Crippen LogP) is 1.25. The highest BCUT2D eigenvalue weighted by Crippen LogP contribution is 2.31. The predicted molar refractivity (Wildman–Crippen MR) is 65.3 cm³/mol. The normalized spacial score (nSPS) is 14.4. The Morgan fingerprint density at radius 3 is 2.72 bits per heavy atom. The molecule has 98 valence electrons. The van der Waals surface area contributed by atoms with Crippen LogP contribution in [-0.2, 0) is 16.6 Å². The van der Waals surface area contributed by atoms with Gasteiger partial charge in [-0.15, -0.1) is 0 Å². The maximum atomic E-state index is 11.8. The van der Waals surface area contributed by atoms with Crippen molar-refractivity contribution < 1.29 is 14.3 Å². The zero-order valence-corrected chi connectivity index (χ0v) is 10.8. The summed E-state index contributed by atoms with van der Waals surface area (Å²) >= 11 is 0. The maximum absolute atomic E-state index is 11.8. The van der Waals surface area contributed by atoms with Crippen LogP contribution in [0.15, 0.2) is 0 Å². The Bertz CT molecular complexity index is 489. The molecule has 0 atom stereocenters. The number of carbonyl (C=O) groups is 2. The van der Waals surface area contributed by atoms with E-state index in [0.717, 1.165) is 12.8 Å². The van der Waals surface area contributed by atoms with Crippen LogP contribution < -0.4 is 5.32 Å². The minimum Gasteiger partial charge on any atom is -0.462 e. The molecule has 1 aliphatic rings. The van der Waals surface area contributed by atoms with Gasteiger partial charge in [0, 0.05) is 13.0 Å². The summed E-state index contributed by atoms with van der Waals surface area (Å²) in [5.74, 6) is -0.00385. The molecule has 0 aliphatic heterocycles. The summed E-state index contributed by atoms with van der Waals surface area (Å²) in [6, 6.07) is 0. The summed E-state index contributed by atoms with van der Waals surface area (Å²) in [4.78, 5) is 23.6. The molecule has 2 rings (SSSR count). The zero-order valence-electron chi connectivity index (χ0n) is 10.8. The van der Waals surface area contributed by atoms with Gasteiger partial charge in [-0.1, -0.05) is 0 Å². The van der Waals surface area contributed by atoms with Crippen LogP contribution in [-0.4, -0.2) is 28.3 Å². The molecule has 0 saturated heterocycles. The number of aromatic nitrogens is 2. The second kappa shape index (κ2) is 4.80. The summed E-state index contributed by atoms with van der Waals surface area (Å²) in [6.45, 7) is 3.76. The number of nitrogens with one attached hydrogen (secondary N) is 1. The lowest BCUT2D eigenvalue weighted by atomic mass is 10.2. The van der Waals surface area contributed by atoms with E-state index >= 15 is 0 Å². The van der Waals surface area contributed by atoms with Gasteiger partial charge in [-0.05, 0) is 26.7 Å². The number of hydrogen-bond donors (Lipinski definition) is 1. The molecule has 1 aromatic heterocycles. The molecule has 6 heteroatoms. The van der Waals surface area contributed by atoms with Gasteiger partial charge >= 0.3 is 5.97 Å². The number of ether oxygens (including phenoxy) is 1. The third-order valence-corrected chi connectivity index (χ3v) is 2.89. The first-order valence-corrected chi connectivity index (χ1v) is 6.06. The van der Waals surface area contributed by atoms with E-state index < -0.39 is 5.97 Å². The molecule has 0 spiro atoms. The molecular weight excluding hydrogens is 234 g/mol. The molecule has 1 N–H and O–H groups in total. The van der Waals surface area contributed by atoms with Gasteiger partial charge in [-0.2, -0.15) is 5.10 Å². The van der Waals surface area contributed by atoms with Gasteiger partial charge in [0.05, 0.1) is 12.3 Å². The van der Waals surface area contributed by atoms with Gasteiger partial charge < -0.3 is 10.1 Å². The molecule has 1 amide bonds. The van der Waals surface area contributed by atoms with Crippen molar-refractivity contribution in [1.82, 2.24) is 9.78 Å². The van der Waals surface area contributed by atoms with Crippen molar-refractivity contribution in [2.75, 3.05) is 11.9 Å². The average molecular weight is 251 g/mol. The smallest absolute Gasteiger partial charge is 0.343 e. The van der Waals surface area contributed by atoms with Crippen molar-refractivity contribution in [2.45, 2.75) is 26.7 Å². The SMILES string of the molecule is CCOC(=O)c1c(C)nn(C)c1NC(=O)C1CC1. The third-order valence-electron chi connectivity index (χ3n) is 2.89. The van der Waals surface area contributed by atoms with E-state index in [2.05, 4.69) is 10.4 Å².